The molecule has 1 aromatic carbocycles. The van der Waals surface area contributed by atoms with Gasteiger partial charge in [0.25, 0.3) is 5.91 Å². The van der Waals surface area contributed by atoms with Gasteiger partial charge in [-0.1, -0.05) is 13.0 Å². The number of ketones is 2. The van der Waals surface area contributed by atoms with Crippen LogP contribution < -0.4 is 11.1 Å². The average molecular weight is 595 g/mol. The number of nitrogens with one attached hydrogen (secondary N) is 1. The molecule has 8 N–H and O–H groups in total. The maximum atomic E-state index is 14.0. The number of carbonyl (C=O) groups is 4. The van der Waals surface area contributed by atoms with Gasteiger partial charge in [-0.15, -0.1) is 12.4 Å². The molecular formula is C27H35ClN4O9. The zero-order valence-corrected chi connectivity index (χ0v) is 24.0. The van der Waals surface area contributed by atoms with Gasteiger partial charge in [-0.2, -0.15) is 0 Å². The number of likely N-dealkylation sites (N-methyl/N-ethyl adjacent to an activating group) is 1. The van der Waals surface area contributed by atoms with E-state index in [0.29, 0.717) is 12.1 Å². The molecule has 1 fully saturated rings. The molecule has 41 heavy (non-hydrogen) atoms. The molecule has 0 saturated heterocycles. The van der Waals surface area contributed by atoms with Crippen LogP contribution in [0.2, 0.25) is 0 Å². The van der Waals surface area contributed by atoms with E-state index in [9.17, 15) is 44.7 Å². The molecule has 6 atom stereocenters. The van der Waals surface area contributed by atoms with Gasteiger partial charge in [0.2, 0.25) is 11.7 Å². The largest absolute Gasteiger partial charge is 0.508 e. The number of benzene rings is 1. The van der Waals surface area contributed by atoms with Gasteiger partial charge in [0.1, 0.15) is 22.8 Å². The summed E-state index contributed by atoms with van der Waals surface area (Å²) in [6.07, 6.45) is -1.56. The number of aliphatic hydroxyl groups is 4. The van der Waals surface area contributed by atoms with Gasteiger partial charge < -0.3 is 41.5 Å². The summed E-state index contributed by atoms with van der Waals surface area (Å²) in [5.41, 5.74) is 0.964. The molecule has 0 aromatic heterocycles. The van der Waals surface area contributed by atoms with Crippen molar-refractivity contribution < 1.29 is 44.7 Å². The third-order valence-electron chi connectivity index (χ3n) is 8.19. The number of hydrogen-bond acceptors (Lipinski definition) is 11. The SMILES string of the molecule is CC1c2ccc(NC(=O)CCN(C)C)c(O)c2C(O)=C2C(=O)C3(O)C(O)=C(C(N)=O)C(=O)[C@@H](N(C)C)C3C(O)C21.Cl. The maximum absolute atomic E-state index is 14.0. The molecule has 5 unspecified atom stereocenters. The molecular weight excluding hydrogens is 560 g/mol. The quantitative estimate of drug-likeness (QED) is 0.169. The number of halogens is 1. The first-order chi connectivity index (χ1) is 18.6. The first-order valence-corrected chi connectivity index (χ1v) is 12.7. The number of hydrogen-bond donors (Lipinski definition) is 7. The zero-order valence-electron chi connectivity index (χ0n) is 23.2. The zero-order chi connectivity index (χ0) is 30.0. The summed E-state index contributed by atoms with van der Waals surface area (Å²) in [5.74, 6) is -10.2. The van der Waals surface area contributed by atoms with Crippen LogP contribution in [-0.2, 0) is 19.2 Å². The smallest absolute Gasteiger partial charge is 0.255 e. The summed E-state index contributed by atoms with van der Waals surface area (Å²) in [4.78, 5) is 54.8. The van der Waals surface area contributed by atoms with Crippen molar-refractivity contribution in [3.8, 4) is 5.75 Å². The van der Waals surface area contributed by atoms with E-state index < -0.39 is 87.3 Å². The second kappa shape index (κ2) is 11.1. The lowest BCUT2D eigenvalue weighted by Crippen LogP contribution is -2.70. The van der Waals surface area contributed by atoms with Crippen LogP contribution in [0.5, 0.6) is 5.75 Å². The molecule has 0 heterocycles. The normalized spacial score (nSPS) is 29.1. The van der Waals surface area contributed by atoms with Crippen molar-refractivity contribution >= 4 is 47.2 Å². The summed E-state index contributed by atoms with van der Waals surface area (Å²) < 4.78 is 0. The minimum Gasteiger partial charge on any atom is -0.508 e. The lowest BCUT2D eigenvalue weighted by molar-refractivity contribution is -0.169. The third-order valence-corrected chi connectivity index (χ3v) is 8.19. The number of carbonyl (C=O) groups excluding carboxylic acids is 4. The first kappa shape index (κ1) is 32.0. The highest BCUT2D eigenvalue weighted by molar-refractivity contribution is 6.24. The Balaban J connectivity index is 0.00000462. The monoisotopic (exact) mass is 594 g/mol. The average Bonchev–Trinajstić information content (AvgIpc) is 2.86. The van der Waals surface area contributed by atoms with Crippen LogP contribution >= 0.6 is 12.4 Å². The van der Waals surface area contributed by atoms with E-state index >= 15 is 0 Å². The number of aliphatic hydroxyl groups excluding tert-OH is 3. The van der Waals surface area contributed by atoms with E-state index in [-0.39, 0.29) is 30.1 Å². The van der Waals surface area contributed by atoms with E-state index in [4.69, 9.17) is 5.73 Å². The van der Waals surface area contributed by atoms with E-state index in [1.54, 1.807) is 25.9 Å². The van der Waals surface area contributed by atoms with Gasteiger partial charge in [-0.3, -0.25) is 24.1 Å². The molecule has 2 amide bonds. The fraction of sp³-hybridized carbons (Fsp3) is 0.481. The maximum Gasteiger partial charge on any atom is 0.255 e. The van der Waals surface area contributed by atoms with E-state index in [1.807, 2.05) is 0 Å². The molecule has 0 radical (unpaired) electrons. The van der Waals surface area contributed by atoms with Gasteiger partial charge in [-0.25, -0.2) is 0 Å². The van der Waals surface area contributed by atoms with Gasteiger partial charge in [0.15, 0.2) is 11.4 Å². The Morgan fingerprint density at radius 3 is 2.24 bits per heavy atom. The Kier molecular flexibility index (Phi) is 8.64. The third kappa shape index (κ3) is 4.67. The van der Waals surface area contributed by atoms with Crippen molar-refractivity contribution in [3.05, 3.63) is 40.2 Å². The summed E-state index contributed by atoms with van der Waals surface area (Å²) in [7, 11) is 6.47. The van der Waals surface area contributed by atoms with Crippen LogP contribution in [0.4, 0.5) is 5.69 Å². The van der Waals surface area contributed by atoms with Crippen molar-refractivity contribution in [1.82, 2.24) is 9.80 Å². The van der Waals surface area contributed by atoms with Crippen molar-refractivity contribution in [1.29, 1.82) is 0 Å². The number of phenols is 1. The van der Waals surface area contributed by atoms with E-state index in [0.717, 1.165) is 0 Å². The lowest BCUT2D eigenvalue weighted by atomic mass is 9.54. The second-order valence-electron chi connectivity index (χ2n) is 11.1. The molecule has 4 rings (SSSR count). The minimum absolute atomic E-state index is 0. The van der Waals surface area contributed by atoms with Gasteiger partial charge >= 0.3 is 0 Å². The molecule has 14 heteroatoms. The van der Waals surface area contributed by atoms with Crippen LogP contribution in [-0.4, -0.2) is 111 Å². The number of anilines is 1. The predicted octanol–water partition coefficient (Wildman–Crippen LogP) is -0.192. The highest BCUT2D eigenvalue weighted by Crippen LogP contribution is 2.56. The second-order valence-corrected chi connectivity index (χ2v) is 11.1. The number of Topliss-reactive ketones (excluding diaryl/α,β-unsaturated/α-hetero) is 2. The summed E-state index contributed by atoms with van der Waals surface area (Å²) in [6.45, 7) is 2.07. The fourth-order valence-corrected chi connectivity index (χ4v) is 6.26. The van der Waals surface area contributed by atoms with Gasteiger partial charge in [0.05, 0.1) is 29.3 Å². The highest BCUT2D eigenvalue weighted by Gasteiger charge is 2.68. The van der Waals surface area contributed by atoms with Crippen LogP contribution in [0, 0.1) is 11.8 Å². The topological polar surface area (TPSA) is 214 Å². The number of fused-ring (bicyclic) bond motifs is 3. The van der Waals surface area contributed by atoms with Gasteiger partial charge in [0, 0.05) is 24.5 Å². The molecule has 0 bridgehead atoms. The highest BCUT2D eigenvalue weighted by atomic mass is 35.5. The first-order valence-electron chi connectivity index (χ1n) is 12.7. The molecule has 13 nitrogen and oxygen atoms in total. The number of primary amides is 1. The molecule has 1 saturated carbocycles. The van der Waals surface area contributed by atoms with Crippen LogP contribution in [0.3, 0.4) is 0 Å². The Morgan fingerprint density at radius 1 is 1.10 bits per heavy atom. The van der Waals surface area contributed by atoms with Gasteiger partial charge in [-0.05, 0) is 45.7 Å². The molecule has 1 aromatic rings. The summed E-state index contributed by atoms with van der Waals surface area (Å²) >= 11 is 0. The predicted molar refractivity (Wildman–Crippen MR) is 149 cm³/mol. The van der Waals surface area contributed by atoms with Crippen LogP contribution in [0.1, 0.15) is 30.4 Å². The molecule has 3 aliphatic rings. The van der Waals surface area contributed by atoms with E-state index in [1.165, 1.54) is 31.1 Å². The number of phenolic OH excluding ortho intramolecular Hbond substituents is 1. The Bertz CT molecular complexity index is 1390. The lowest BCUT2D eigenvalue weighted by Gasteiger charge is -2.53. The van der Waals surface area contributed by atoms with Crippen molar-refractivity contribution in [2.45, 2.75) is 37.0 Å². The van der Waals surface area contributed by atoms with Crippen molar-refractivity contribution in [2.24, 2.45) is 17.6 Å². The molecule has 0 spiro atoms. The van der Waals surface area contributed by atoms with Crippen molar-refractivity contribution in [3.63, 3.8) is 0 Å². The Morgan fingerprint density at radius 2 is 1.71 bits per heavy atom. The summed E-state index contributed by atoms with van der Waals surface area (Å²) in [6, 6.07) is 1.54. The van der Waals surface area contributed by atoms with E-state index in [2.05, 4.69) is 5.32 Å². The van der Waals surface area contributed by atoms with Crippen LogP contribution in [0.25, 0.3) is 5.76 Å². The Hall–Kier alpha value is -3.49. The Labute approximate surface area is 242 Å². The minimum atomic E-state index is -2.99. The molecule has 3 aliphatic carbocycles. The fourth-order valence-electron chi connectivity index (χ4n) is 6.26. The number of rotatable bonds is 6. The number of nitrogens with zero attached hydrogens (tertiary/aromatic N) is 2. The molecule has 0 aliphatic heterocycles. The number of amides is 2. The number of nitrogens with two attached hydrogens (primary N) is 1. The number of aromatic hydroxyl groups is 1. The van der Waals surface area contributed by atoms with Crippen LogP contribution in [0.15, 0.2) is 29.0 Å². The summed E-state index contributed by atoms with van der Waals surface area (Å²) in [5, 5.41) is 59.3. The molecule has 224 valence electrons. The standard InChI is InChI=1S/C27H34N4O9.ClH/c1-10-11-6-7-12(29-13(32)8-9-30(2)3)20(33)15(11)21(34)16-14(10)22(35)18-19(31(4)5)23(36)17(26(28)39)25(38)27(18,40)24(16)37;/h6-7,10,14,18-19,22,33-35,38,40H,8-9H2,1-5H3,(H2,28,39)(H,29,32);1H/t10?,14?,18?,19-,22?,27?;/m0./s1. The van der Waals surface area contributed by atoms with Crippen molar-refractivity contribution in [2.75, 3.05) is 40.1 Å².